The molecule has 0 aliphatic heterocycles. The number of hydrogen-bond acceptors (Lipinski definition) is 4. The summed E-state index contributed by atoms with van der Waals surface area (Å²) in [6.45, 7) is 3.92. The van der Waals surface area contributed by atoms with Crippen molar-refractivity contribution in [3.05, 3.63) is 11.4 Å². The second kappa shape index (κ2) is 4.02. The number of hydrogen-bond donors (Lipinski definition) is 1. The Morgan fingerprint density at radius 2 is 2.23 bits per heavy atom. The number of rotatable bonds is 4. The number of carbonyl (C=O) groups is 1. The van der Waals surface area contributed by atoms with Crippen LogP contribution in [0.1, 0.15) is 37.6 Å². The van der Waals surface area contributed by atoms with Crippen LogP contribution in [0.4, 0.5) is 0 Å². The van der Waals surface area contributed by atoms with E-state index in [0.29, 0.717) is 12.1 Å². The lowest BCUT2D eigenvalue weighted by molar-refractivity contribution is -0.136. The quantitative estimate of drug-likeness (QED) is 0.761. The van der Waals surface area contributed by atoms with Crippen LogP contribution < -0.4 is 0 Å². The predicted octanol–water partition coefficient (Wildman–Crippen LogP) is 1.21. The summed E-state index contributed by atoms with van der Waals surface area (Å²) in [4.78, 5) is 10.3. The van der Waals surface area contributed by atoms with Gasteiger partial charge in [0.1, 0.15) is 11.4 Å². The van der Waals surface area contributed by atoms with Crippen LogP contribution in [0.5, 0.6) is 0 Å². The molecule has 0 bridgehead atoms. The van der Waals surface area contributed by atoms with Gasteiger partial charge in [0.2, 0.25) is 0 Å². The van der Waals surface area contributed by atoms with Gasteiger partial charge in [-0.1, -0.05) is 24.2 Å². The van der Waals surface area contributed by atoms with Gasteiger partial charge in [-0.3, -0.25) is 4.79 Å². The summed E-state index contributed by atoms with van der Waals surface area (Å²) in [5, 5.41) is 15.8. The molecule has 1 aromatic rings. The molecular weight excluding hydrogens is 172 g/mol. The van der Waals surface area contributed by atoms with Crippen LogP contribution in [0.3, 0.4) is 0 Å². The van der Waals surface area contributed by atoms with E-state index in [4.69, 9.17) is 5.11 Å². The number of nitrogens with zero attached hydrogens (tertiary/aromatic N) is 2. The molecule has 0 saturated carbocycles. The van der Waals surface area contributed by atoms with Crippen molar-refractivity contribution in [3.63, 3.8) is 0 Å². The lowest BCUT2D eigenvalue weighted by atomic mass is 10.1. The third kappa shape index (κ3) is 2.54. The lowest BCUT2D eigenvalue weighted by Gasteiger charge is -1.99. The van der Waals surface area contributed by atoms with Crippen LogP contribution in [0.25, 0.3) is 0 Å². The highest BCUT2D eigenvalue weighted by Crippen LogP contribution is 2.16. The maximum Gasteiger partial charge on any atom is 0.303 e. The third-order valence-corrected chi connectivity index (χ3v) is 1.71. The van der Waals surface area contributed by atoms with Gasteiger partial charge in [-0.25, -0.2) is 4.63 Å². The Hall–Kier alpha value is -1.39. The molecule has 0 amide bonds. The molecule has 0 radical (unpaired) electrons. The normalized spacial score (nSPS) is 10.7. The Morgan fingerprint density at radius 1 is 1.54 bits per heavy atom. The Bertz CT molecular complexity index is 293. The van der Waals surface area contributed by atoms with E-state index in [1.54, 1.807) is 0 Å². The SMILES string of the molecule is CC(C)c1nonc1CCC(=O)O. The van der Waals surface area contributed by atoms with E-state index in [9.17, 15) is 4.79 Å². The number of aliphatic carboxylic acids is 1. The summed E-state index contributed by atoms with van der Waals surface area (Å²) in [6, 6.07) is 0. The molecule has 0 atom stereocenters. The van der Waals surface area contributed by atoms with Crippen molar-refractivity contribution >= 4 is 5.97 Å². The van der Waals surface area contributed by atoms with Gasteiger partial charge >= 0.3 is 5.97 Å². The summed E-state index contributed by atoms with van der Waals surface area (Å²) < 4.78 is 4.55. The van der Waals surface area contributed by atoms with Gasteiger partial charge in [0.15, 0.2) is 0 Å². The van der Waals surface area contributed by atoms with Crippen LogP contribution in [-0.4, -0.2) is 21.4 Å². The van der Waals surface area contributed by atoms with E-state index in [-0.39, 0.29) is 12.3 Å². The maximum atomic E-state index is 10.3. The predicted molar refractivity (Wildman–Crippen MR) is 44.3 cm³/mol. The van der Waals surface area contributed by atoms with Crippen LogP contribution in [0, 0.1) is 0 Å². The van der Waals surface area contributed by atoms with E-state index < -0.39 is 5.97 Å². The molecule has 0 unspecified atom stereocenters. The summed E-state index contributed by atoms with van der Waals surface area (Å²) >= 11 is 0. The van der Waals surface area contributed by atoms with E-state index in [1.807, 2.05) is 13.8 Å². The smallest absolute Gasteiger partial charge is 0.303 e. The minimum Gasteiger partial charge on any atom is -0.481 e. The molecule has 0 aromatic carbocycles. The lowest BCUT2D eigenvalue weighted by Crippen LogP contribution is -2.01. The highest BCUT2D eigenvalue weighted by molar-refractivity contribution is 5.67. The number of aromatic nitrogens is 2. The average Bonchev–Trinajstić information content (AvgIpc) is 2.47. The van der Waals surface area contributed by atoms with Crippen molar-refractivity contribution in [2.45, 2.75) is 32.6 Å². The third-order valence-electron chi connectivity index (χ3n) is 1.71. The fraction of sp³-hybridized carbons (Fsp3) is 0.625. The van der Waals surface area contributed by atoms with Crippen LogP contribution in [-0.2, 0) is 11.2 Å². The number of aryl methyl sites for hydroxylation is 1. The van der Waals surface area contributed by atoms with Crippen LogP contribution in [0.15, 0.2) is 4.63 Å². The van der Waals surface area contributed by atoms with Crippen molar-refractivity contribution in [1.29, 1.82) is 0 Å². The first kappa shape index (κ1) is 9.70. The first-order valence-electron chi connectivity index (χ1n) is 4.14. The highest BCUT2D eigenvalue weighted by Gasteiger charge is 2.13. The zero-order valence-corrected chi connectivity index (χ0v) is 7.65. The standard InChI is InChI=1S/C8H12N2O3/c1-5(2)8-6(9-13-10-8)3-4-7(11)12/h5H,3-4H2,1-2H3,(H,11,12). The Kier molecular flexibility index (Phi) is 3.00. The minimum absolute atomic E-state index is 0.0634. The van der Waals surface area contributed by atoms with Crippen LogP contribution in [0.2, 0.25) is 0 Å². The molecule has 0 fully saturated rings. The van der Waals surface area contributed by atoms with Gasteiger partial charge in [-0.2, -0.15) is 0 Å². The molecule has 0 aliphatic rings. The number of carboxylic acid groups (broad SMARTS) is 1. The molecule has 0 saturated heterocycles. The Morgan fingerprint density at radius 3 is 2.77 bits per heavy atom. The molecule has 1 rings (SSSR count). The number of carboxylic acids is 1. The van der Waals surface area contributed by atoms with Crippen LogP contribution >= 0.6 is 0 Å². The van der Waals surface area contributed by atoms with Crippen molar-refractivity contribution < 1.29 is 14.5 Å². The molecule has 5 heteroatoms. The maximum absolute atomic E-state index is 10.3. The highest BCUT2D eigenvalue weighted by atomic mass is 16.6. The molecule has 0 aliphatic carbocycles. The monoisotopic (exact) mass is 184 g/mol. The van der Waals surface area contributed by atoms with Gasteiger partial charge in [0.25, 0.3) is 0 Å². The van der Waals surface area contributed by atoms with Gasteiger partial charge in [-0.05, 0) is 0 Å². The van der Waals surface area contributed by atoms with Crippen molar-refractivity contribution in [2.75, 3.05) is 0 Å². The average molecular weight is 184 g/mol. The summed E-state index contributed by atoms with van der Waals surface area (Å²) in [7, 11) is 0. The Balaban J connectivity index is 2.65. The molecule has 5 nitrogen and oxygen atoms in total. The molecule has 1 heterocycles. The van der Waals surface area contributed by atoms with Gasteiger partial charge in [0, 0.05) is 12.3 Å². The largest absolute Gasteiger partial charge is 0.481 e. The fourth-order valence-electron chi connectivity index (χ4n) is 1.05. The first-order chi connectivity index (χ1) is 6.11. The zero-order chi connectivity index (χ0) is 9.84. The second-order valence-corrected chi connectivity index (χ2v) is 3.14. The first-order valence-corrected chi connectivity index (χ1v) is 4.14. The van der Waals surface area contributed by atoms with Crippen molar-refractivity contribution in [3.8, 4) is 0 Å². The van der Waals surface area contributed by atoms with Crippen molar-refractivity contribution in [1.82, 2.24) is 10.3 Å². The fourth-order valence-corrected chi connectivity index (χ4v) is 1.05. The van der Waals surface area contributed by atoms with E-state index in [2.05, 4.69) is 14.9 Å². The molecule has 72 valence electrons. The molecule has 1 aromatic heterocycles. The summed E-state index contributed by atoms with van der Waals surface area (Å²) in [5.74, 6) is -0.618. The van der Waals surface area contributed by atoms with Gasteiger partial charge < -0.3 is 5.11 Å². The molecule has 0 spiro atoms. The Labute approximate surface area is 75.7 Å². The molecule has 13 heavy (non-hydrogen) atoms. The van der Waals surface area contributed by atoms with E-state index in [1.165, 1.54) is 0 Å². The molecular formula is C8H12N2O3. The topological polar surface area (TPSA) is 76.2 Å². The van der Waals surface area contributed by atoms with Gasteiger partial charge in [0.05, 0.1) is 6.42 Å². The summed E-state index contributed by atoms with van der Waals surface area (Å²) in [5.41, 5.74) is 1.40. The summed E-state index contributed by atoms with van der Waals surface area (Å²) in [6.07, 6.45) is 0.445. The minimum atomic E-state index is -0.835. The van der Waals surface area contributed by atoms with Crippen molar-refractivity contribution in [2.24, 2.45) is 0 Å². The zero-order valence-electron chi connectivity index (χ0n) is 7.65. The molecule has 1 N–H and O–H groups in total. The van der Waals surface area contributed by atoms with E-state index >= 15 is 0 Å². The van der Waals surface area contributed by atoms with E-state index in [0.717, 1.165) is 5.69 Å². The second-order valence-electron chi connectivity index (χ2n) is 3.14. The van der Waals surface area contributed by atoms with Gasteiger partial charge in [-0.15, -0.1) is 0 Å².